The first kappa shape index (κ1) is 15.3. The predicted molar refractivity (Wildman–Crippen MR) is 82.1 cm³/mol. The molecular weight excluding hydrogens is 313 g/mol. The van der Waals surface area contributed by atoms with E-state index in [4.69, 9.17) is 18.0 Å². The van der Waals surface area contributed by atoms with Crippen LogP contribution >= 0.6 is 12.2 Å². The summed E-state index contributed by atoms with van der Waals surface area (Å²) >= 11 is 4.79. The second kappa shape index (κ2) is 5.74. The van der Waals surface area contributed by atoms with Crippen molar-refractivity contribution < 1.29 is 12.8 Å². The number of rotatable bonds is 4. The molecule has 5 nitrogen and oxygen atoms in total. The third-order valence-corrected chi connectivity index (χ3v) is 4.31. The van der Waals surface area contributed by atoms with E-state index in [1.165, 1.54) is 43.5 Å². The molecule has 0 spiro atoms. The lowest BCUT2D eigenvalue weighted by molar-refractivity contribution is 0.600. The SMILES string of the molecule is Cc1cc(NS(=O)(=O)c2cccnc2C(N)=S)ccc1F. The van der Waals surface area contributed by atoms with E-state index in [0.717, 1.165) is 0 Å². The maximum atomic E-state index is 13.2. The highest BCUT2D eigenvalue weighted by Gasteiger charge is 2.21. The van der Waals surface area contributed by atoms with Crippen molar-refractivity contribution in [3.63, 3.8) is 0 Å². The summed E-state index contributed by atoms with van der Waals surface area (Å²) in [7, 11) is -3.92. The summed E-state index contributed by atoms with van der Waals surface area (Å²) in [6.45, 7) is 1.54. The number of nitrogens with two attached hydrogens (primary N) is 1. The van der Waals surface area contributed by atoms with Crippen molar-refractivity contribution in [3.8, 4) is 0 Å². The van der Waals surface area contributed by atoms with Crippen LogP contribution in [0.5, 0.6) is 0 Å². The number of benzene rings is 1. The van der Waals surface area contributed by atoms with Crippen LogP contribution in [-0.4, -0.2) is 18.4 Å². The van der Waals surface area contributed by atoms with Gasteiger partial charge < -0.3 is 5.73 Å². The molecule has 0 amide bonds. The zero-order chi connectivity index (χ0) is 15.6. The Morgan fingerprint density at radius 2 is 2.10 bits per heavy atom. The maximum Gasteiger partial charge on any atom is 0.264 e. The molecule has 0 aliphatic rings. The van der Waals surface area contributed by atoms with Gasteiger partial charge in [0.1, 0.15) is 21.4 Å². The van der Waals surface area contributed by atoms with Gasteiger partial charge in [0.05, 0.1) is 0 Å². The Labute approximate surface area is 127 Å². The Morgan fingerprint density at radius 1 is 1.38 bits per heavy atom. The molecule has 1 aromatic heterocycles. The Hall–Kier alpha value is -2.06. The van der Waals surface area contributed by atoms with Crippen LogP contribution in [0.25, 0.3) is 0 Å². The summed E-state index contributed by atoms with van der Waals surface area (Å²) < 4.78 is 40.3. The quantitative estimate of drug-likeness (QED) is 0.840. The van der Waals surface area contributed by atoms with Gasteiger partial charge in [0.25, 0.3) is 10.0 Å². The summed E-state index contributed by atoms with van der Waals surface area (Å²) in [6, 6.07) is 6.72. The maximum absolute atomic E-state index is 13.2. The zero-order valence-electron chi connectivity index (χ0n) is 11.0. The van der Waals surface area contributed by atoms with Crippen molar-refractivity contribution >= 4 is 32.9 Å². The van der Waals surface area contributed by atoms with Crippen LogP contribution in [0.1, 0.15) is 11.3 Å². The molecular formula is C13H12FN3O2S2. The van der Waals surface area contributed by atoms with E-state index in [1.807, 2.05) is 0 Å². The number of aryl methyl sites for hydroxylation is 1. The molecule has 0 unspecified atom stereocenters. The number of sulfonamides is 1. The largest absolute Gasteiger partial charge is 0.388 e. The fraction of sp³-hybridized carbons (Fsp3) is 0.0769. The summed E-state index contributed by atoms with van der Waals surface area (Å²) in [6.07, 6.45) is 1.40. The van der Waals surface area contributed by atoms with Crippen LogP contribution in [0.2, 0.25) is 0 Å². The van der Waals surface area contributed by atoms with Crippen molar-refractivity contribution in [2.24, 2.45) is 5.73 Å². The van der Waals surface area contributed by atoms with Crippen molar-refractivity contribution in [2.75, 3.05) is 4.72 Å². The molecule has 1 heterocycles. The summed E-state index contributed by atoms with van der Waals surface area (Å²) in [5, 5.41) is 0. The van der Waals surface area contributed by atoms with Gasteiger partial charge in [-0.2, -0.15) is 0 Å². The van der Waals surface area contributed by atoms with E-state index in [-0.39, 0.29) is 21.3 Å². The van der Waals surface area contributed by atoms with Gasteiger partial charge in [0.15, 0.2) is 0 Å². The molecule has 0 aliphatic heterocycles. The van der Waals surface area contributed by atoms with Crippen LogP contribution in [0.3, 0.4) is 0 Å². The number of thiocarbonyl (C=S) groups is 1. The van der Waals surface area contributed by atoms with Crippen molar-refractivity contribution in [3.05, 3.63) is 53.6 Å². The topological polar surface area (TPSA) is 85.1 Å². The molecule has 0 bridgehead atoms. The fourth-order valence-electron chi connectivity index (χ4n) is 1.71. The van der Waals surface area contributed by atoms with Crippen molar-refractivity contribution in [2.45, 2.75) is 11.8 Å². The lowest BCUT2D eigenvalue weighted by atomic mass is 10.2. The lowest BCUT2D eigenvalue weighted by Crippen LogP contribution is -2.21. The summed E-state index contributed by atoms with van der Waals surface area (Å²) in [4.78, 5) is 3.63. The van der Waals surface area contributed by atoms with E-state index in [9.17, 15) is 12.8 Å². The zero-order valence-corrected chi connectivity index (χ0v) is 12.6. The normalized spacial score (nSPS) is 11.1. The highest BCUT2D eigenvalue weighted by molar-refractivity contribution is 7.93. The second-order valence-electron chi connectivity index (χ2n) is 4.28. The number of nitrogens with zero attached hydrogens (tertiary/aromatic N) is 1. The van der Waals surface area contributed by atoms with Gasteiger partial charge in [-0.3, -0.25) is 9.71 Å². The highest BCUT2D eigenvalue weighted by atomic mass is 32.2. The number of halogens is 1. The summed E-state index contributed by atoms with van der Waals surface area (Å²) in [5.74, 6) is -0.414. The molecule has 110 valence electrons. The first-order valence-electron chi connectivity index (χ1n) is 5.85. The van der Waals surface area contributed by atoms with Gasteiger partial charge in [-0.1, -0.05) is 12.2 Å². The molecule has 1 aromatic carbocycles. The van der Waals surface area contributed by atoms with Crippen LogP contribution in [-0.2, 0) is 10.0 Å². The minimum absolute atomic E-state index is 0.0128. The van der Waals surface area contributed by atoms with Crippen molar-refractivity contribution in [1.29, 1.82) is 0 Å². The van der Waals surface area contributed by atoms with E-state index in [0.29, 0.717) is 5.56 Å². The molecule has 2 rings (SSSR count). The average molecular weight is 325 g/mol. The first-order chi connectivity index (χ1) is 9.81. The van der Waals surface area contributed by atoms with E-state index < -0.39 is 15.8 Å². The van der Waals surface area contributed by atoms with Crippen LogP contribution in [0, 0.1) is 12.7 Å². The minimum Gasteiger partial charge on any atom is -0.388 e. The van der Waals surface area contributed by atoms with Gasteiger partial charge in [-0.25, -0.2) is 12.8 Å². The number of hydrogen-bond acceptors (Lipinski definition) is 4. The monoisotopic (exact) mass is 325 g/mol. The van der Waals surface area contributed by atoms with Crippen LogP contribution in [0.4, 0.5) is 10.1 Å². The van der Waals surface area contributed by atoms with Gasteiger partial charge in [0, 0.05) is 11.9 Å². The van der Waals surface area contributed by atoms with Crippen LogP contribution in [0.15, 0.2) is 41.4 Å². The number of hydrogen-bond donors (Lipinski definition) is 2. The van der Waals surface area contributed by atoms with Gasteiger partial charge in [-0.15, -0.1) is 0 Å². The smallest absolute Gasteiger partial charge is 0.264 e. The predicted octanol–water partition coefficient (Wildman–Crippen LogP) is 1.96. The number of nitrogens with one attached hydrogen (secondary N) is 1. The third-order valence-electron chi connectivity index (χ3n) is 2.70. The van der Waals surface area contributed by atoms with Gasteiger partial charge in [-0.05, 0) is 42.8 Å². The molecule has 0 radical (unpaired) electrons. The fourth-order valence-corrected chi connectivity index (χ4v) is 3.16. The molecule has 0 atom stereocenters. The van der Waals surface area contributed by atoms with Gasteiger partial charge >= 0.3 is 0 Å². The average Bonchev–Trinajstić information content (AvgIpc) is 2.42. The number of aromatic nitrogens is 1. The number of pyridine rings is 1. The first-order valence-corrected chi connectivity index (χ1v) is 7.74. The third kappa shape index (κ3) is 3.34. The molecule has 21 heavy (non-hydrogen) atoms. The Balaban J connectivity index is 2.43. The van der Waals surface area contributed by atoms with E-state index in [1.54, 1.807) is 0 Å². The van der Waals surface area contributed by atoms with E-state index in [2.05, 4.69) is 9.71 Å². The second-order valence-corrected chi connectivity index (χ2v) is 6.37. The number of anilines is 1. The molecule has 2 aromatic rings. The molecule has 3 N–H and O–H groups in total. The lowest BCUT2D eigenvalue weighted by Gasteiger charge is -2.11. The van der Waals surface area contributed by atoms with Crippen molar-refractivity contribution in [1.82, 2.24) is 4.98 Å². The summed E-state index contributed by atoms with van der Waals surface area (Å²) in [5.41, 5.74) is 6.06. The molecule has 0 fully saturated rings. The minimum atomic E-state index is -3.92. The molecule has 0 aliphatic carbocycles. The highest BCUT2D eigenvalue weighted by Crippen LogP contribution is 2.20. The Bertz CT molecular complexity index is 807. The molecule has 8 heteroatoms. The molecule has 0 saturated heterocycles. The standard InChI is InChI=1S/C13H12FN3O2S2/c1-8-7-9(4-5-10(8)14)17-21(18,19)11-3-2-6-16-12(11)13(15)20/h2-7,17H,1H3,(H2,15,20). The van der Waals surface area contributed by atoms with E-state index >= 15 is 0 Å². The van der Waals surface area contributed by atoms with Gasteiger partial charge in [0.2, 0.25) is 0 Å². The Morgan fingerprint density at radius 3 is 2.71 bits per heavy atom. The Kier molecular flexibility index (Phi) is 4.19. The van der Waals surface area contributed by atoms with Crippen LogP contribution < -0.4 is 10.5 Å². The molecule has 0 saturated carbocycles.